The summed E-state index contributed by atoms with van der Waals surface area (Å²) in [5.74, 6) is 0. The monoisotopic (exact) mass is 270 g/mol. The minimum atomic E-state index is -2.87. The van der Waals surface area contributed by atoms with E-state index in [2.05, 4.69) is 20.8 Å². The molecule has 0 aliphatic carbocycles. The van der Waals surface area contributed by atoms with Crippen LogP contribution >= 0.6 is 29.2 Å². The number of hydrogen-bond acceptors (Lipinski definition) is 5. The molecular weight excluding hydrogens is 251 g/mol. The minimum absolute atomic E-state index is 0.00650. The van der Waals surface area contributed by atoms with Gasteiger partial charge in [-0.2, -0.15) is 0 Å². The van der Waals surface area contributed by atoms with Gasteiger partial charge in [0.25, 0.3) is 0 Å². The molecule has 0 saturated carbocycles. The van der Waals surface area contributed by atoms with Crippen LogP contribution in [0.3, 0.4) is 0 Å². The molecule has 1 fully saturated rings. The third-order valence-corrected chi connectivity index (χ3v) is 8.14. The van der Waals surface area contributed by atoms with Gasteiger partial charge in [-0.05, 0) is 20.8 Å². The first-order valence-electron chi connectivity index (χ1n) is 5.02. The quantitative estimate of drug-likeness (QED) is 0.573. The summed E-state index contributed by atoms with van der Waals surface area (Å²) in [7, 11) is 2.16. The van der Waals surface area contributed by atoms with Crippen molar-refractivity contribution in [2.24, 2.45) is 0 Å². The van der Waals surface area contributed by atoms with Gasteiger partial charge in [-0.15, -0.1) is 0 Å². The van der Waals surface area contributed by atoms with Crippen LogP contribution in [-0.2, 0) is 13.6 Å². The Kier molecular flexibility index (Phi) is 4.64. The fourth-order valence-corrected chi connectivity index (χ4v) is 6.05. The van der Waals surface area contributed by atoms with Gasteiger partial charge in [0, 0.05) is 23.3 Å². The van der Waals surface area contributed by atoms with Crippen molar-refractivity contribution in [3.63, 3.8) is 0 Å². The van der Waals surface area contributed by atoms with Crippen molar-refractivity contribution in [1.82, 2.24) is 0 Å². The lowest BCUT2D eigenvalue weighted by Gasteiger charge is -2.29. The van der Waals surface area contributed by atoms with Crippen molar-refractivity contribution in [3.8, 4) is 0 Å². The zero-order chi connectivity index (χ0) is 11.7. The molecule has 1 unspecified atom stereocenters. The molecule has 6 heteroatoms. The second-order valence-corrected chi connectivity index (χ2v) is 9.79. The molecule has 0 radical (unpaired) electrons. The summed E-state index contributed by atoms with van der Waals surface area (Å²) in [5, 5.41) is 0.347. The van der Waals surface area contributed by atoms with Crippen LogP contribution in [0.4, 0.5) is 0 Å². The third kappa shape index (κ3) is 3.16. The summed E-state index contributed by atoms with van der Waals surface area (Å²) < 4.78 is 22.8. The van der Waals surface area contributed by atoms with E-state index in [1.165, 1.54) is 7.11 Å². The smallest absolute Gasteiger partial charge is 0.312 e. The highest BCUT2D eigenvalue weighted by Crippen LogP contribution is 2.58. The third-order valence-electron chi connectivity index (χ3n) is 2.47. The maximum Gasteiger partial charge on any atom is 0.330 e. The molecule has 3 atom stereocenters. The van der Waals surface area contributed by atoms with Gasteiger partial charge in [0.15, 0.2) is 0 Å². The second-order valence-electron chi connectivity index (χ2n) is 4.12. The molecule has 0 aromatic carbocycles. The Hall–Kier alpha value is 0.850. The van der Waals surface area contributed by atoms with E-state index in [-0.39, 0.29) is 10.9 Å². The summed E-state index contributed by atoms with van der Waals surface area (Å²) in [5.41, 5.74) is 0. The van der Waals surface area contributed by atoms with Gasteiger partial charge in [0.05, 0.1) is 6.10 Å². The topological polar surface area (TPSA) is 35.5 Å². The van der Waals surface area contributed by atoms with Gasteiger partial charge in [-0.1, -0.05) is 28.5 Å². The van der Waals surface area contributed by atoms with Crippen molar-refractivity contribution in [3.05, 3.63) is 0 Å². The Bertz CT molecular complexity index is 262. The molecule has 1 rings (SSSR count). The molecule has 1 heterocycles. The van der Waals surface area contributed by atoms with Gasteiger partial charge in [-0.25, -0.2) is 0 Å². The minimum Gasteiger partial charge on any atom is -0.312 e. The molecule has 15 heavy (non-hydrogen) atoms. The largest absolute Gasteiger partial charge is 0.330 e. The van der Waals surface area contributed by atoms with Crippen LogP contribution in [0.15, 0.2) is 0 Å². The Labute approximate surface area is 100.0 Å². The Morgan fingerprint density at radius 3 is 2.40 bits per heavy atom. The lowest BCUT2D eigenvalue weighted by Crippen LogP contribution is -2.36. The van der Waals surface area contributed by atoms with Crippen molar-refractivity contribution in [2.75, 3.05) is 13.3 Å². The number of rotatable bonds is 4. The molecule has 0 aromatic rings. The van der Waals surface area contributed by atoms with Crippen molar-refractivity contribution in [1.29, 1.82) is 0 Å². The summed E-state index contributed by atoms with van der Waals surface area (Å²) in [4.78, 5) is 0. The van der Waals surface area contributed by atoms with Gasteiger partial charge < -0.3 is 9.05 Å². The maximum atomic E-state index is 12.1. The van der Waals surface area contributed by atoms with E-state index in [0.29, 0.717) is 11.4 Å². The lowest BCUT2D eigenvalue weighted by atomic mass is 10.0. The van der Waals surface area contributed by atoms with Crippen LogP contribution in [0.5, 0.6) is 0 Å². The fraction of sp³-hybridized carbons (Fsp3) is 1.00. The van der Waals surface area contributed by atoms with Crippen molar-refractivity contribution >= 4 is 29.2 Å². The summed E-state index contributed by atoms with van der Waals surface area (Å²) in [6.45, 7) is 8.17. The van der Waals surface area contributed by atoms with E-state index in [0.717, 1.165) is 0 Å². The summed E-state index contributed by atoms with van der Waals surface area (Å²) in [6.07, 6.45) is 0.413. The van der Waals surface area contributed by atoms with Crippen LogP contribution in [0.1, 0.15) is 27.7 Å². The van der Waals surface area contributed by atoms with Gasteiger partial charge >= 0.3 is 7.60 Å². The van der Waals surface area contributed by atoms with Crippen LogP contribution in [0, 0.1) is 0 Å². The average Bonchev–Trinajstić information content (AvgIpc) is 2.45. The highest BCUT2D eigenvalue weighted by Gasteiger charge is 2.45. The Balaban J connectivity index is 2.76. The molecule has 3 nitrogen and oxygen atoms in total. The predicted octanol–water partition coefficient (Wildman–Crippen LogP) is 3.79. The highest BCUT2D eigenvalue weighted by atomic mass is 33.1. The predicted molar refractivity (Wildman–Crippen MR) is 68.8 cm³/mol. The zero-order valence-electron chi connectivity index (χ0n) is 9.85. The SMILES string of the molecule is CCP(=O)(OC)O[C@@H]1[C@H](C)SSC1(C)C. The van der Waals surface area contributed by atoms with E-state index in [4.69, 9.17) is 9.05 Å². The molecule has 0 spiro atoms. The normalized spacial score (nSPS) is 33.9. The van der Waals surface area contributed by atoms with E-state index >= 15 is 0 Å². The molecular formula is C9H19O3PS2. The van der Waals surface area contributed by atoms with Crippen LogP contribution < -0.4 is 0 Å². The van der Waals surface area contributed by atoms with E-state index in [9.17, 15) is 4.57 Å². The maximum absolute atomic E-state index is 12.1. The zero-order valence-corrected chi connectivity index (χ0v) is 12.4. The molecule has 1 aliphatic rings. The number of hydrogen-bond donors (Lipinski definition) is 0. The second kappa shape index (κ2) is 5.01. The first-order valence-corrected chi connectivity index (χ1v) is 8.96. The fourth-order valence-electron chi connectivity index (χ4n) is 1.50. The molecule has 1 aliphatic heterocycles. The molecule has 0 N–H and O–H groups in total. The standard InChI is InChI=1S/C9H19O3PS2/c1-6-13(10,11-5)12-8-7(2)14-15-9(8,3)4/h7-8H,6H2,1-5H3/t7-,8+,13?/m0/s1. The van der Waals surface area contributed by atoms with Crippen molar-refractivity contribution < 1.29 is 13.6 Å². The first-order chi connectivity index (χ1) is 6.84. The molecule has 90 valence electrons. The molecule has 0 aromatic heterocycles. The molecule has 1 saturated heterocycles. The van der Waals surface area contributed by atoms with E-state index in [1.54, 1.807) is 21.6 Å². The van der Waals surface area contributed by atoms with E-state index < -0.39 is 7.60 Å². The highest BCUT2D eigenvalue weighted by molar-refractivity contribution is 8.77. The Morgan fingerprint density at radius 2 is 2.07 bits per heavy atom. The van der Waals surface area contributed by atoms with E-state index in [1.807, 2.05) is 6.92 Å². The van der Waals surface area contributed by atoms with Gasteiger partial charge in [0.2, 0.25) is 0 Å². The van der Waals surface area contributed by atoms with Gasteiger partial charge in [0.1, 0.15) is 0 Å². The van der Waals surface area contributed by atoms with Gasteiger partial charge in [-0.3, -0.25) is 4.57 Å². The summed E-state index contributed by atoms with van der Waals surface area (Å²) >= 11 is 0. The van der Waals surface area contributed by atoms with Crippen LogP contribution in [-0.4, -0.2) is 29.4 Å². The Morgan fingerprint density at radius 1 is 1.47 bits per heavy atom. The van der Waals surface area contributed by atoms with Crippen LogP contribution in [0.2, 0.25) is 0 Å². The van der Waals surface area contributed by atoms with Crippen molar-refractivity contribution in [2.45, 2.75) is 43.8 Å². The van der Waals surface area contributed by atoms with Crippen LogP contribution in [0.25, 0.3) is 0 Å². The molecule has 0 amide bonds. The molecule has 0 bridgehead atoms. The summed E-state index contributed by atoms with van der Waals surface area (Å²) in [6, 6.07) is 0. The average molecular weight is 270 g/mol. The lowest BCUT2D eigenvalue weighted by molar-refractivity contribution is 0.140. The first kappa shape index (κ1) is 13.9.